The number of fused-ring (bicyclic) bond motifs is 1. The van der Waals surface area contributed by atoms with Crippen molar-refractivity contribution < 1.29 is 19.0 Å². The van der Waals surface area contributed by atoms with E-state index in [-0.39, 0.29) is 11.9 Å². The minimum absolute atomic E-state index is 0.125. The number of amides is 1. The summed E-state index contributed by atoms with van der Waals surface area (Å²) in [6, 6.07) is 12.7. The van der Waals surface area contributed by atoms with Crippen LogP contribution in [0, 0.1) is 0 Å². The van der Waals surface area contributed by atoms with Crippen LogP contribution in [0.3, 0.4) is 0 Å². The van der Waals surface area contributed by atoms with Crippen LogP contribution in [-0.2, 0) is 0 Å². The van der Waals surface area contributed by atoms with Crippen LogP contribution in [0.15, 0.2) is 42.5 Å². The predicted molar refractivity (Wildman–Crippen MR) is 90.9 cm³/mol. The van der Waals surface area contributed by atoms with E-state index in [0.717, 1.165) is 22.8 Å². The monoisotopic (exact) mass is 327 g/mol. The van der Waals surface area contributed by atoms with Crippen molar-refractivity contribution in [3.8, 4) is 17.2 Å². The van der Waals surface area contributed by atoms with Gasteiger partial charge in [-0.2, -0.15) is 0 Å². The van der Waals surface area contributed by atoms with Crippen LogP contribution in [0.2, 0.25) is 0 Å². The molecule has 24 heavy (non-hydrogen) atoms. The number of ether oxygens (including phenoxy) is 3. The molecule has 1 atom stereocenters. The number of rotatable bonds is 5. The Morgan fingerprint density at radius 2 is 1.83 bits per heavy atom. The largest absolute Gasteiger partial charge is 0.494 e. The summed E-state index contributed by atoms with van der Waals surface area (Å²) in [6.07, 6.45) is 0. The molecule has 5 nitrogen and oxygen atoms in total. The minimum Gasteiger partial charge on any atom is -0.494 e. The highest BCUT2D eigenvalue weighted by Gasteiger charge is 2.16. The lowest BCUT2D eigenvalue weighted by Crippen LogP contribution is -2.26. The molecule has 2 aromatic rings. The second-order valence-electron chi connectivity index (χ2n) is 5.56. The van der Waals surface area contributed by atoms with E-state index in [2.05, 4.69) is 5.32 Å². The fourth-order valence-corrected chi connectivity index (χ4v) is 2.56. The predicted octanol–water partition coefficient (Wildman–Crippen LogP) is 3.35. The van der Waals surface area contributed by atoms with Crippen LogP contribution < -0.4 is 19.5 Å². The Morgan fingerprint density at radius 1 is 1.12 bits per heavy atom. The molecule has 0 unspecified atom stereocenters. The highest BCUT2D eigenvalue weighted by Crippen LogP contribution is 2.32. The lowest BCUT2D eigenvalue weighted by molar-refractivity contribution is 0.0939. The van der Waals surface area contributed by atoms with Crippen molar-refractivity contribution >= 4 is 5.91 Å². The molecule has 0 aromatic heterocycles. The van der Waals surface area contributed by atoms with Crippen LogP contribution in [0.1, 0.15) is 35.8 Å². The molecule has 0 spiro atoms. The van der Waals surface area contributed by atoms with E-state index in [9.17, 15) is 4.79 Å². The third kappa shape index (κ3) is 3.62. The number of hydrogen-bond donors (Lipinski definition) is 1. The first kappa shape index (κ1) is 16.2. The first-order chi connectivity index (χ1) is 11.7. The Labute approximate surface area is 141 Å². The second-order valence-corrected chi connectivity index (χ2v) is 5.56. The van der Waals surface area contributed by atoms with E-state index in [0.29, 0.717) is 25.4 Å². The van der Waals surface area contributed by atoms with E-state index in [1.165, 1.54) is 0 Å². The summed E-state index contributed by atoms with van der Waals surface area (Å²) in [5.41, 5.74) is 1.57. The summed E-state index contributed by atoms with van der Waals surface area (Å²) in [5, 5.41) is 2.99. The van der Waals surface area contributed by atoms with E-state index in [4.69, 9.17) is 14.2 Å². The van der Waals surface area contributed by atoms with E-state index in [1.54, 1.807) is 24.3 Å². The van der Waals surface area contributed by atoms with Crippen LogP contribution in [0.4, 0.5) is 0 Å². The van der Waals surface area contributed by atoms with Crippen molar-refractivity contribution in [2.75, 3.05) is 19.8 Å². The van der Waals surface area contributed by atoms with Crippen molar-refractivity contribution in [3.63, 3.8) is 0 Å². The van der Waals surface area contributed by atoms with Crippen molar-refractivity contribution in [3.05, 3.63) is 53.6 Å². The SMILES string of the molecule is CCOc1ccc(C(=O)N[C@H](C)c2ccc3c(c2)OCCO3)cc1. The third-order valence-corrected chi connectivity index (χ3v) is 3.84. The molecule has 2 aromatic carbocycles. The molecule has 0 radical (unpaired) electrons. The normalized spacial score (nSPS) is 13.9. The van der Waals surface area contributed by atoms with Gasteiger partial charge in [-0.3, -0.25) is 4.79 Å². The molecule has 3 rings (SSSR count). The summed E-state index contributed by atoms with van der Waals surface area (Å²) < 4.78 is 16.5. The number of carbonyl (C=O) groups is 1. The molecule has 126 valence electrons. The molecule has 0 saturated carbocycles. The Kier molecular flexibility index (Phi) is 4.89. The molecule has 0 fully saturated rings. The number of carbonyl (C=O) groups excluding carboxylic acids is 1. The Bertz CT molecular complexity index is 712. The van der Waals surface area contributed by atoms with Gasteiger partial charge in [0, 0.05) is 5.56 Å². The van der Waals surface area contributed by atoms with Crippen LogP contribution in [0.25, 0.3) is 0 Å². The molecular weight excluding hydrogens is 306 g/mol. The molecule has 0 saturated heterocycles. The summed E-state index contributed by atoms with van der Waals surface area (Å²) in [6.45, 7) is 5.58. The van der Waals surface area contributed by atoms with Crippen LogP contribution in [-0.4, -0.2) is 25.7 Å². The van der Waals surface area contributed by atoms with Gasteiger partial charge in [-0.1, -0.05) is 6.07 Å². The number of benzene rings is 2. The summed E-state index contributed by atoms with van der Waals surface area (Å²) >= 11 is 0. The summed E-state index contributed by atoms with van der Waals surface area (Å²) in [7, 11) is 0. The third-order valence-electron chi connectivity index (χ3n) is 3.84. The maximum absolute atomic E-state index is 12.4. The first-order valence-electron chi connectivity index (χ1n) is 8.10. The zero-order valence-electron chi connectivity index (χ0n) is 13.9. The zero-order chi connectivity index (χ0) is 16.9. The highest BCUT2D eigenvalue weighted by molar-refractivity contribution is 5.94. The summed E-state index contributed by atoms with van der Waals surface area (Å²) in [5.74, 6) is 2.10. The molecular formula is C19H21NO4. The smallest absolute Gasteiger partial charge is 0.251 e. The number of nitrogens with one attached hydrogen (secondary N) is 1. The molecule has 1 amide bonds. The topological polar surface area (TPSA) is 56.8 Å². The van der Waals surface area contributed by atoms with Gasteiger partial charge >= 0.3 is 0 Å². The lowest BCUT2D eigenvalue weighted by atomic mass is 10.1. The van der Waals surface area contributed by atoms with Gasteiger partial charge in [0.1, 0.15) is 19.0 Å². The molecule has 0 aliphatic carbocycles. The van der Waals surface area contributed by atoms with Crippen molar-refractivity contribution in [1.29, 1.82) is 0 Å². The molecule has 1 heterocycles. The maximum Gasteiger partial charge on any atom is 0.251 e. The van der Waals surface area contributed by atoms with Crippen molar-refractivity contribution in [2.45, 2.75) is 19.9 Å². The lowest BCUT2D eigenvalue weighted by Gasteiger charge is -2.21. The maximum atomic E-state index is 12.4. The van der Waals surface area contributed by atoms with Gasteiger partial charge in [0.25, 0.3) is 5.91 Å². The van der Waals surface area contributed by atoms with Gasteiger partial charge in [0.05, 0.1) is 12.6 Å². The molecule has 1 N–H and O–H groups in total. The van der Waals surface area contributed by atoms with Gasteiger partial charge in [0.2, 0.25) is 0 Å². The van der Waals surface area contributed by atoms with Crippen molar-refractivity contribution in [2.24, 2.45) is 0 Å². The quantitative estimate of drug-likeness (QED) is 0.915. The highest BCUT2D eigenvalue weighted by atomic mass is 16.6. The molecule has 1 aliphatic rings. The van der Waals surface area contributed by atoms with Gasteiger partial charge < -0.3 is 19.5 Å². The Morgan fingerprint density at radius 3 is 2.54 bits per heavy atom. The first-order valence-corrected chi connectivity index (χ1v) is 8.10. The fourth-order valence-electron chi connectivity index (χ4n) is 2.56. The van der Waals surface area contributed by atoms with Crippen LogP contribution >= 0.6 is 0 Å². The fraction of sp³-hybridized carbons (Fsp3) is 0.316. The average molecular weight is 327 g/mol. The molecule has 5 heteroatoms. The number of hydrogen-bond acceptors (Lipinski definition) is 4. The molecule has 0 bridgehead atoms. The Hall–Kier alpha value is -2.69. The van der Waals surface area contributed by atoms with E-state index < -0.39 is 0 Å². The van der Waals surface area contributed by atoms with Gasteiger partial charge in [-0.25, -0.2) is 0 Å². The van der Waals surface area contributed by atoms with Crippen molar-refractivity contribution in [1.82, 2.24) is 5.32 Å². The van der Waals surface area contributed by atoms with Crippen LogP contribution in [0.5, 0.6) is 17.2 Å². The van der Waals surface area contributed by atoms with Gasteiger partial charge in [-0.05, 0) is 55.8 Å². The second kappa shape index (κ2) is 7.25. The van der Waals surface area contributed by atoms with Gasteiger partial charge in [0.15, 0.2) is 11.5 Å². The van der Waals surface area contributed by atoms with E-state index >= 15 is 0 Å². The van der Waals surface area contributed by atoms with E-state index in [1.807, 2.05) is 32.0 Å². The standard InChI is InChI=1S/C19H21NO4/c1-3-22-16-7-4-14(5-8-16)19(21)20-13(2)15-6-9-17-18(12-15)24-11-10-23-17/h4-9,12-13H,3,10-11H2,1-2H3,(H,20,21)/t13-/m1/s1. The summed E-state index contributed by atoms with van der Waals surface area (Å²) in [4.78, 5) is 12.4. The zero-order valence-corrected chi connectivity index (χ0v) is 13.9. The minimum atomic E-state index is -0.139. The molecule has 1 aliphatic heterocycles. The van der Waals surface area contributed by atoms with Gasteiger partial charge in [-0.15, -0.1) is 0 Å². The average Bonchev–Trinajstić information content (AvgIpc) is 2.62. The Balaban J connectivity index is 1.67.